The van der Waals surface area contributed by atoms with Gasteiger partial charge in [0.25, 0.3) is 5.91 Å². The van der Waals surface area contributed by atoms with Crippen LogP contribution >= 0.6 is 24.0 Å². The number of hydrogen-bond donors (Lipinski definition) is 1. The fourth-order valence-electron chi connectivity index (χ4n) is 2.43. The number of carbonyl (C=O) groups is 2. The highest BCUT2D eigenvalue weighted by Crippen LogP contribution is 2.37. The van der Waals surface area contributed by atoms with Crippen LogP contribution in [0.25, 0.3) is 6.08 Å². The number of aromatic carboxylic acids is 1. The molecule has 0 aliphatic carbocycles. The molecule has 1 aliphatic heterocycles. The van der Waals surface area contributed by atoms with E-state index in [0.29, 0.717) is 9.23 Å². The summed E-state index contributed by atoms with van der Waals surface area (Å²) in [5.41, 5.74) is 1.88. The first-order valence-electron chi connectivity index (χ1n) is 7.26. The van der Waals surface area contributed by atoms with Crippen LogP contribution < -0.4 is 10.0 Å². The molecule has 0 aromatic heterocycles. The number of carboxylic acid groups (broad SMARTS) is 1. The molecule has 5 nitrogen and oxygen atoms in total. The maximum Gasteiger partial charge on any atom is 0.335 e. The van der Waals surface area contributed by atoms with E-state index < -0.39 is 11.7 Å². The highest BCUT2D eigenvalue weighted by Gasteiger charge is 2.33. The van der Waals surface area contributed by atoms with Crippen LogP contribution in [0.4, 0.5) is 5.69 Å². The van der Waals surface area contributed by atoms with Gasteiger partial charge in [-0.1, -0.05) is 59.6 Å². The summed E-state index contributed by atoms with van der Waals surface area (Å²) >= 11 is 6.40. The number of anilines is 1. The number of aryl methyl sites for hydroxylation is 1. The number of benzene rings is 2. The largest absolute Gasteiger partial charge is 0.872 e. The minimum absolute atomic E-state index is 0.269. The lowest BCUT2D eigenvalue weighted by Crippen LogP contribution is -2.27. The van der Waals surface area contributed by atoms with Crippen molar-refractivity contribution < 1.29 is 19.8 Å². The zero-order valence-corrected chi connectivity index (χ0v) is 14.7. The van der Waals surface area contributed by atoms with Gasteiger partial charge in [-0.2, -0.15) is 0 Å². The summed E-state index contributed by atoms with van der Waals surface area (Å²) < 4.78 is 0.298. The highest BCUT2D eigenvalue weighted by molar-refractivity contribution is 8.27. The number of thioether (sulfide) groups is 1. The Morgan fingerprint density at radius 1 is 1.28 bits per heavy atom. The Morgan fingerprint density at radius 2 is 2.04 bits per heavy atom. The third-order valence-electron chi connectivity index (χ3n) is 3.59. The van der Waals surface area contributed by atoms with Gasteiger partial charge >= 0.3 is 5.97 Å². The molecule has 1 N–H and O–H groups in total. The third-order valence-corrected chi connectivity index (χ3v) is 4.89. The van der Waals surface area contributed by atoms with Crippen molar-refractivity contribution in [1.29, 1.82) is 0 Å². The zero-order valence-electron chi connectivity index (χ0n) is 13.1. The molecule has 0 spiro atoms. The maximum absolute atomic E-state index is 12.7. The van der Waals surface area contributed by atoms with Crippen LogP contribution in [0.15, 0.2) is 47.4 Å². The van der Waals surface area contributed by atoms with Crippen LogP contribution in [0.3, 0.4) is 0 Å². The Kier molecular flexibility index (Phi) is 4.61. The summed E-state index contributed by atoms with van der Waals surface area (Å²) in [6.07, 6.45) is 1.75. The lowest BCUT2D eigenvalue weighted by molar-refractivity contribution is -0.268. The number of carboxylic acids is 1. The van der Waals surface area contributed by atoms with E-state index in [2.05, 4.69) is 0 Å². The van der Waals surface area contributed by atoms with Crippen LogP contribution in [0.2, 0.25) is 0 Å². The van der Waals surface area contributed by atoms with E-state index in [1.807, 2.05) is 31.2 Å². The highest BCUT2D eigenvalue weighted by atomic mass is 32.2. The number of carbonyl (C=O) groups excluding carboxylic acids is 1. The second-order valence-electron chi connectivity index (χ2n) is 5.42. The van der Waals surface area contributed by atoms with Gasteiger partial charge in [0.05, 0.1) is 16.2 Å². The molecular formula is C18H12NO4S2-. The lowest BCUT2D eigenvalue weighted by Gasteiger charge is -2.18. The first-order valence-corrected chi connectivity index (χ1v) is 8.48. The molecule has 2 aromatic carbocycles. The van der Waals surface area contributed by atoms with Crippen molar-refractivity contribution in [3.63, 3.8) is 0 Å². The van der Waals surface area contributed by atoms with Crippen molar-refractivity contribution in [2.24, 2.45) is 0 Å². The van der Waals surface area contributed by atoms with E-state index in [1.54, 1.807) is 6.08 Å². The molecule has 0 atom stereocenters. The fourth-order valence-corrected chi connectivity index (χ4v) is 3.73. The van der Waals surface area contributed by atoms with Gasteiger partial charge in [-0.05, 0) is 36.8 Å². The topological polar surface area (TPSA) is 80.7 Å². The van der Waals surface area contributed by atoms with Gasteiger partial charge < -0.3 is 10.2 Å². The normalized spacial score (nSPS) is 15.9. The van der Waals surface area contributed by atoms with Crippen molar-refractivity contribution in [1.82, 2.24) is 0 Å². The van der Waals surface area contributed by atoms with Gasteiger partial charge in [-0.25, -0.2) is 4.79 Å². The van der Waals surface area contributed by atoms with Crippen LogP contribution in [0.5, 0.6) is 5.75 Å². The van der Waals surface area contributed by atoms with Crippen LogP contribution in [0.1, 0.15) is 21.5 Å². The molecular weight excluding hydrogens is 358 g/mol. The summed E-state index contributed by atoms with van der Waals surface area (Å²) in [5.74, 6) is -2.30. The van der Waals surface area contributed by atoms with E-state index in [-0.39, 0.29) is 17.2 Å². The molecule has 1 saturated heterocycles. The van der Waals surface area contributed by atoms with E-state index >= 15 is 0 Å². The molecule has 1 amide bonds. The summed E-state index contributed by atoms with van der Waals surface area (Å²) in [6, 6.07) is 11.4. The van der Waals surface area contributed by atoms with E-state index in [9.17, 15) is 14.7 Å². The Morgan fingerprint density at radius 3 is 2.68 bits per heavy atom. The predicted molar refractivity (Wildman–Crippen MR) is 99.7 cm³/mol. The molecule has 7 heteroatoms. The Balaban J connectivity index is 1.94. The van der Waals surface area contributed by atoms with Gasteiger partial charge in [0.15, 0.2) is 4.32 Å². The first kappa shape index (κ1) is 17.2. The number of thiocarbonyl (C=S) groups is 1. The van der Waals surface area contributed by atoms with Gasteiger partial charge in [-0.3, -0.25) is 9.69 Å². The number of rotatable bonds is 3. The second-order valence-corrected chi connectivity index (χ2v) is 7.09. The second kappa shape index (κ2) is 6.70. The molecule has 1 aliphatic rings. The molecule has 126 valence electrons. The molecule has 0 unspecified atom stereocenters. The average Bonchev–Trinajstić information content (AvgIpc) is 2.81. The first-order chi connectivity index (χ1) is 11.9. The summed E-state index contributed by atoms with van der Waals surface area (Å²) in [7, 11) is 0. The van der Waals surface area contributed by atoms with E-state index in [0.717, 1.165) is 29.0 Å². The average molecular weight is 370 g/mol. The van der Waals surface area contributed by atoms with Gasteiger partial charge in [0, 0.05) is 0 Å². The van der Waals surface area contributed by atoms with E-state index in [1.165, 1.54) is 17.0 Å². The number of nitrogens with zero attached hydrogens (tertiary/aromatic N) is 1. The molecule has 1 heterocycles. The molecule has 3 rings (SSSR count). The minimum Gasteiger partial charge on any atom is -0.872 e. The SMILES string of the molecule is Cc1cccc(/C=C2\SC(=S)N(c3ccc(C(=O)O)c([O-])c3)C2=O)c1. The third kappa shape index (κ3) is 3.42. The standard InChI is InChI=1S/C18H13NO4S2/c1-10-3-2-4-11(7-10)8-15-16(21)19(18(24)25-15)12-5-6-13(17(22)23)14(20)9-12/h2-9,20H,1H3,(H,22,23)/p-1/b15-8-. The quantitative estimate of drug-likeness (QED) is 0.660. The summed E-state index contributed by atoms with van der Waals surface area (Å²) in [5, 5.41) is 20.8. The predicted octanol–water partition coefficient (Wildman–Crippen LogP) is 3.17. The zero-order chi connectivity index (χ0) is 18.1. The van der Waals surface area contributed by atoms with Crippen LogP contribution in [-0.2, 0) is 4.79 Å². The molecule has 1 fully saturated rings. The molecule has 0 radical (unpaired) electrons. The van der Waals surface area contributed by atoms with Gasteiger partial charge in [-0.15, -0.1) is 0 Å². The van der Waals surface area contributed by atoms with Crippen LogP contribution in [-0.4, -0.2) is 21.3 Å². The number of hydrogen-bond acceptors (Lipinski definition) is 5. The Bertz CT molecular complexity index is 936. The Hall–Kier alpha value is -2.64. The Labute approximate surface area is 153 Å². The van der Waals surface area contributed by atoms with Crippen molar-refractivity contribution in [2.45, 2.75) is 6.92 Å². The van der Waals surface area contributed by atoms with Crippen molar-refractivity contribution >= 4 is 51.9 Å². The lowest BCUT2D eigenvalue weighted by atomic mass is 10.1. The van der Waals surface area contributed by atoms with Crippen molar-refractivity contribution in [3.05, 3.63) is 64.1 Å². The van der Waals surface area contributed by atoms with Crippen molar-refractivity contribution in [2.75, 3.05) is 4.90 Å². The maximum atomic E-state index is 12.7. The molecule has 0 saturated carbocycles. The molecule has 25 heavy (non-hydrogen) atoms. The van der Waals surface area contributed by atoms with E-state index in [4.69, 9.17) is 17.3 Å². The van der Waals surface area contributed by atoms with Crippen molar-refractivity contribution in [3.8, 4) is 5.75 Å². The summed E-state index contributed by atoms with van der Waals surface area (Å²) in [6.45, 7) is 1.96. The minimum atomic E-state index is -1.30. The number of amides is 1. The molecule has 0 bridgehead atoms. The van der Waals surface area contributed by atoms with Crippen LogP contribution in [0, 0.1) is 6.92 Å². The molecule has 2 aromatic rings. The fraction of sp³-hybridized carbons (Fsp3) is 0.0556. The smallest absolute Gasteiger partial charge is 0.335 e. The monoisotopic (exact) mass is 370 g/mol. The summed E-state index contributed by atoms with van der Waals surface area (Å²) in [4.78, 5) is 25.3. The van der Waals surface area contributed by atoms with Gasteiger partial charge in [0.2, 0.25) is 0 Å². The van der Waals surface area contributed by atoms with Gasteiger partial charge in [0.1, 0.15) is 0 Å².